The van der Waals surface area contributed by atoms with E-state index in [1.54, 1.807) is 4.90 Å². The first-order chi connectivity index (χ1) is 10.4. The molecule has 7 heteroatoms. The highest BCUT2D eigenvalue weighted by molar-refractivity contribution is 5.70. The van der Waals surface area contributed by atoms with Gasteiger partial charge in [-0.15, -0.1) is 0 Å². The first-order valence-corrected chi connectivity index (χ1v) is 8.05. The third kappa shape index (κ3) is 6.64. The monoisotopic (exact) mass is 329 g/mol. The van der Waals surface area contributed by atoms with Crippen molar-refractivity contribution in [2.45, 2.75) is 71.1 Å². The van der Waals surface area contributed by atoms with E-state index in [2.05, 4.69) is 5.32 Å². The van der Waals surface area contributed by atoms with E-state index in [-0.39, 0.29) is 6.09 Å². The zero-order chi connectivity index (χ0) is 17.9. The van der Waals surface area contributed by atoms with E-state index in [4.69, 9.17) is 15.2 Å². The lowest BCUT2D eigenvalue weighted by Gasteiger charge is -2.41. The van der Waals surface area contributed by atoms with Gasteiger partial charge in [-0.1, -0.05) is 0 Å². The summed E-state index contributed by atoms with van der Waals surface area (Å²) in [5, 5.41) is 2.88. The number of nitrogens with zero attached hydrogens (tertiary/aromatic N) is 1. The molecule has 0 saturated carbocycles. The summed E-state index contributed by atoms with van der Waals surface area (Å²) < 4.78 is 10.7. The zero-order valence-electron chi connectivity index (χ0n) is 15.2. The molecule has 0 radical (unpaired) electrons. The number of ether oxygens (including phenoxy) is 2. The Morgan fingerprint density at radius 1 is 1.04 bits per heavy atom. The number of amides is 2. The molecule has 1 rings (SSSR count). The van der Waals surface area contributed by atoms with Crippen LogP contribution >= 0.6 is 0 Å². The third-order valence-corrected chi connectivity index (χ3v) is 3.53. The quantitative estimate of drug-likeness (QED) is 0.810. The Bertz CT molecular complexity index is 430. The molecule has 1 aliphatic heterocycles. The molecular weight excluding hydrogens is 298 g/mol. The lowest BCUT2D eigenvalue weighted by Crippen LogP contribution is -2.60. The summed E-state index contributed by atoms with van der Waals surface area (Å²) in [6, 6.07) is 0. The Balaban J connectivity index is 2.59. The Kier molecular flexibility index (Phi) is 5.90. The van der Waals surface area contributed by atoms with Gasteiger partial charge >= 0.3 is 12.2 Å². The van der Waals surface area contributed by atoms with Crippen LogP contribution in [-0.4, -0.2) is 53.5 Å². The number of hydrogen-bond acceptors (Lipinski definition) is 5. The van der Waals surface area contributed by atoms with Gasteiger partial charge in [-0.25, -0.2) is 9.59 Å². The topological polar surface area (TPSA) is 93.9 Å². The number of carbonyl (C=O) groups excluding carboxylic acids is 2. The molecule has 1 fully saturated rings. The maximum atomic E-state index is 12.1. The molecule has 0 aromatic rings. The van der Waals surface area contributed by atoms with Crippen LogP contribution in [0.3, 0.4) is 0 Å². The van der Waals surface area contributed by atoms with Gasteiger partial charge in [0, 0.05) is 19.6 Å². The average Bonchev–Trinajstić information content (AvgIpc) is 2.35. The van der Waals surface area contributed by atoms with Crippen molar-refractivity contribution in [3.05, 3.63) is 0 Å². The molecule has 1 heterocycles. The van der Waals surface area contributed by atoms with Crippen LogP contribution in [0.25, 0.3) is 0 Å². The van der Waals surface area contributed by atoms with Gasteiger partial charge in [-0.2, -0.15) is 0 Å². The summed E-state index contributed by atoms with van der Waals surface area (Å²) in [5.41, 5.74) is 4.25. The standard InChI is InChI=1S/C16H31N3O4/c1-14(2,3)22-12(20)18-16(11-17)7-9-19(10-8-16)13(21)23-15(4,5)6/h7-11,17H2,1-6H3,(H,18,20). The first kappa shape index (κ1) is 19.5. The second-order valence-corrected chi connectivity index (χ2v) is 8.08. The summed E-state index contributed by atoms with van der Waals surface area (Å²) in [6.45, 7) is 12.2. The molecule has 0 bridgehead atoms. The van der Waals surface area contributed by atoms with E-state index >= 15 is 0 Å². The molecule has 1 saturated heterocycles. The number of piperidine rings is 1. The van der Waals surface area contributed by atoms with E-state index in [1.165, 1.54) is 0 Å². The molecule has 3 N–H and O–H groups in total. The van der Waals surface area contributed by atoms with Crippen molar-refractivity contribution < 1.29 is 19.1 Å². The SMILES string of the molecule is CC(C)(C)OC(=O)NC1(CN)CCN(C(=O)OC(C)(C)C)CC1. The highest BCUT2D eigenvalue weighted by atomic mass is 16.6. The second-order valence-electron chi connectivity index (χ2n) is 8.08. The predicted molar refractivity (Wildman–Crippen MR) is 88.2 cm³/mol. The summed E-state index contributed by atoms with van der Waals surface area (Å²) in [7, 11) is 0. The summed E-state index contributed by atoms with van der Waals surface area (Å²) in [6.07, 6.45) is 0.332. The second kappa shape index (κ2) is 6.95. The normalized spacial score (nSPS) is 18.3. The van der Waals surface area contributed by atoms with Crippen LogP contribution in [-0.2, 0) is 9.47 Å². The largest absolute Gasteiger partial charge is 0.444 e. The van der Waals surface area contributed by atoms with Crippen molar-refractivity contribution in [3.8, 4) is 0 Å². The van der Waals surface area contributed by atoms with E-state index in [0.717, 1.165) is 0 Å². The molecule has 134 valence electrons. The third-order valence-electron chi connectivity index (χ3n) is 3.53. The molecule has 1 aliphatic rings. The minimum atomic E-state index is -0.558. The number of alkyl carbamates (subject to hydrolysis) is 1. The van der Waals surface area contributed by atoms with Crippen LogP contribution in [0.4, 0.5) is 9.59 Å². The van der Waals surface area contributed by atoms with E-state index in [1.807, 2.05) is 41.5 Å². The number of nitrogens with two attached hydrogens (primary N) is 1. The van der Waals surface area contributed by atoms with Gasteiger partial charge in [0.25, 0.3) is 0 Å². The maximum Gasteiger partial charge on any atom is 0.410 e. The van der Waals surface area contributed by atoms with Gasteiger partial charge in [0.05, 0.1) is 5.54 Å². The maximum absolute atomic E-state index is 12.1. The Morgan fingerprint density at radius 3 is 1.91 bits per heavy atom. The predicted octanol–water partition coefficient (Wildman–Crippen LogP) is 2.24. The Morgan fingerprint density at radius 2 is 1.52 bits per heavy atom. The molecule has 0 aliphatic carbocycles. The molecule has 0 unspecified atom stereocenters. The van der Waals surface area contributed by atoms with Crippen LogP contribution in [0.5, 0.6) is 0 Å². The zero-order valence-corrected chi connectivity index (χ0v) is 15.2. The van der Waals surface area contributed by atoms with Crippen molar-refractivity contribution in [1.29, 1.82) is 0 Å². The Hall–Kier alpha value is -1.50. The van der Waals surface area contributed by atoms with E-state index in [9.17, 15) is 9.59 Å². The Labute approximate surface area is 138 Å². The van der Waals surface area contributed by atoms with E-state index < -0.39 is 22.8 Å². The lowest BCUT2D eigenvalue weighted by molar-refractivity contribution is 0.0127. The van der Waals surface area contributed by atoms with Crippen LogP contribution < -0.4 is 11.1 Å². The smallest absolute Gasteiger partial charge is 0.410 e. The summed E-state index contributed by atoms with van der Waals surface area (Å²) >= 11 is 0. The van der Waals surface area contributed by atoms with Gasteiger partial charge in [-0.05, 0) is 54.4 Å². The van der Waals surface area contributed by atoms with Gasteiger partial charge < -0.3 is 25.4 Å². The number of hydrogen-bond donors (Lipinski definition) is 2. The summed E-state index contributed by atoms with van der Waals surface area (Å²) in [4.78, 5) is 25.7. The number of carbonyl (C=O) groups is 2. The molecule has 7 nitrogen and oxygen atoms in total. The molecule has 0 aromatic heterocycles. The van der Waals surface area contributed by atoms with Crippen molar-refractivity contribution in [2.75, 3.05) is 19.6 Å². The number of rotatable bonds is 2. The number of nitrogens with one attached hydrogen (secondary N) is 1. The average molecular weight is 329 g/mol. The molecule has 0 spiro atoms. The molecule has 0 aromatic carbocycles. The molecule has 2 amide bonds. The van der Waals surface area contributed by atoms with Crippen LogP contribution in [0.2, 0.25) is 0 Å². The van der Waals surface area contributed by atoms with Gasteiger partial charge in [-0.3, -0.25) is 0 Å². The first-order valence-electron chi connectivity index (χ1n) is 8.05. The van der Waals surface area contributed by atoms with Crippen molar-refractivity contribution >= 4 is 12.2 Å². The molecular formula is C16H31N3O4. The van der Waals surface area contributed by atoms with Gasteiger partial charge in [0.2, 0.25) is 0 Å². The van der Waals surface area contributed by atoms with Gasteiger partial charge in [0.15, 0.2) is 0 Å². The fourth-order valence-corrected chi connectivity index (χ4v) is 2.34. The van der Waals surface area contributed by atoms with Crippen molar-refractivity contribution in [3.63, 3.8) is 0 Å². The fraction of sp³-hybridized carbons (Fsp3) is 0.875. The van der Waals surface area contributed by atoms with Gasteiger partial charge in [0.1, 0.15) is 11.2 Å². The minimum Gasteiger partial charge on any atom is -0.444 e. The highest BCUT2D eigenvalue weighted by Crippen LogP contribution is 2.23. The fourth-order valence-electron chi connectivity index (χ4n) is 2.34. The van der Waals surface area contributed by atoms with Crippen LogP contribution in [0, 0.1) is 0 Å². The lowest BCUT2D eigenvalue weighted by atomic mass is 9.88. The summed E-state index contributed by atoms with van der Waals surface area (Å²) in [5.74, 6) is 0. The van der Waals surface area contributed by atoms with Crippen LogP contribution in [0.1, 0.15) is 54.4 Å². The molecule has 23 heavy (non-hydrogen) atoms. The highest BCUT2D eigenvalue weighted by Gasteiger charge is 2.38. The van der Waals surface area contributed by atoms with Crippen LogP contribution in [0.15, 0.2) is 0 Å². The van der Waals surface area contributed by atoms with Crippen molar-refractivity contribution in [2.24, 2.45) is 5.73 Å². The van der Waals surface area contributed by atoms with Crippen molar-refractivity contribution in [1.82, 2.24) is 10.2 Å². The molecule has 0 atom stereocenters. The minimum absolute atomic E-state index is 0.300. The van der Waals surface area contributed by atoms with E-state index in [0.29, 0.717) is 32.5 Å². The number of likely N-dealkylation sites (tertiary alicyclic amines) is 1.